The van der Waals surface area contributed by atoms with E-state index in [2.05, 4.69) is 35.0 Å². The smallest absolute Gasteiger partial charge is 0.304 e. The topological polar surface area (TPSA) is 67.3 Å². The number of pyridine rings is 1. The minimum absolute atomic E-state index is 0.0587. The second-order valence-corrected chi connectivity index (χ2v) is 7.46. The molecule has 3 aromatic rings. The van der Waals surface area contributed by atoms with Gasteiger partial charge in [0, 0.05) is 35.4 Å². The third-order valence-electron chi connectivity index (χ3n) is 5.19. The van der Waals surface area contributed by atoms with Crippen LogP contribution in [0, 0.1) is 18.8 Å². The molecule has 0 aliphatic rings. The lowest BCUT2D eigenvalue weighted by Gasteiger charge is -2.20. The molecule has 1 N–H and O–H groups in total. The van der Waals surface area contributed by atoms with Gasteiger partial charge >= 0.3 is 5.97 Å². The molecule has 0 saturated heterocycles. The molecule has 0 aliphatic heterocycles. The van der Waals surface area contributed by atoms with Crippen LogP contribution in [0.25, 0.3) is 0 Å². The van der Waals surface area contributed by atoms with Crippen LogP contribution in [0.4, 0.5) is 0 Å². The lowest BCUT2D eigenvalue weighted by Crippen LogP contribution is -2.07. The quantitative estimate of drug-likeness (QED) is 0.409. The van der Waals surface area contributed by atoms with Gasteiger partial charge in [-0.3, -0.25) is 14.6 Å². The first-order chi connectivity index (χ1) is 15.1. The molecule has 156 valence electrons. The van der Waals surface area contributed by atoms with E-state index in [0.717, 1.165) is 41.5 Å². The highest BCUT2D eigenvalue weighted by atomic mass is 16.4. The van der Waals surface area contributed by atoms with E-state index >= 15 is 0 Å². The fourth-order valence-corrected chi connectivity index (χ4v) is 3.62. The van der Waals surface area contributed by atoms with Gasteiger partial charge in [0.15, 0.2) is 0 Å². The average Bonchev–Trinajstić information content (AvgIpc) is 2.78. The first kappa shape index (κ1) is 22.0. The zero-order chi connectivity index (χ0) is 22.1. The van der Waals surface area contributed by atoms with Crippen molar-refractivity contribution < 1.29 is 14.7 Å². The van der Waals surface area contributed by atoms with Crippen LogP contribution in [0.5, 0.6) is 0 Å². The van der Waals surface area contributed by atoms with Crippen molar-refractivity contribution in [3.8, 4) is 11.8 Å². The molecule has 0 bridgehead atoms. The molecule has 4 nitrogen and oxygen atoms in total. The Bertz CT molecular complexity index is 1110. The van der Waals surface area contributed by atoms with Crippen LogP contribution in [0.1, 0.15) is 63.5 Å². The van der Waals surface area contributed by atoms with Crippen LogP contribution in [-0.4, -0.2) is 22.3 Å². The highest BCUT2D eigenvalue weighted by Gasteiger charge is 2.18. The standard InChI is InChI=1S/C27H25NO3/c1-20-18-23(16-17-28-20)26(25-8-4-3-7-24(25)19-29)15-14-22-12-10-21(11-13-22)6-2-5-9-27(30)31/h3-4,7-8,10-13,16-19,26H,5,9,14-15H2,1H3,(H,30,31). The molecule has 1 atom stereocenters. The van der Waals surface area contributed by atoms with Crippen LogP contribution in [-0.2, 0) is 11.2 Å². The number of aromatic nitrogens is 1. The minimum Gasteiger partial charge on any atom is -0.481 e. The van der Waals surface area contributed by atoms with Crippen LogP contribution < -0.4 is 0 Å². The molecule has 3 rings (SSSR count). The van der Waals surface area contributed by atoms with Gasteiger partial charge < -0.3 is 5.11 Å². The highest BCUT2D eigenvalue weighted by Crippen LogP contribution is 2.31. The summed E-state index contributed by atoms with van der Waals surface area (Å²) in [5.74, 6) is 5.16. The van der Waals surface area contributed by atoms with Crippen LogP contribution in [0.3, 0.4) is 0 Å². The summed E-state index contributed by atoms with van der Waals surface area (Å²) in [6, 6.07) is 19.9. The first-order valence-corrected chi connectivity index (χ1v) is 10.3. The van der Waals surface area contributed by atoms with Gasteiger partial charge in [0.2, 0.25) is 0 Å². The molecule has 1 aromatic heterocycles. The monoisotopic (exact) mass is 411 g/mol. The summed E-state index contributed by atoms with van der Waals surface area (Å²) in [7, 11) is 0. The molecule has 0 fully saturated rings. The molecule has 0 amide bonds. The maximum absolute atomic E-state index is 11.6. The van der Waals surface area contributed by atoms with Gasteiger partial charge in [0.25, 0.3) is 0 Å². The molecule has 0 saturated carbocycles. The van der Waals surface area contributed by atoms with Crippen LogP contribution in [0.2, 0.25) is 0 Å². The Labute approximate surface area is 183 Å². The van der Waals surface area contributed by atoms with Gasteiger partial charge in [0.1, 0.15) is 6.29 Å². The fraction of sp³-hybridized carbons (Fsp3) is 0.222. The molecule has 2 aromatic carbocycles. The van der Waals surface area contributed by atoms with E-state index in [1.54, 1.807) is 0 Å². The Kier molecular flexibility index (Phi) is 7.73. The van der Waals surface area contributed by atoms with E-state index in [0.29, 0.717) is 12.0 Å². The molecule has 0 aliphatic carbocycles. The van der Waals surface area contributed by atoms with Crippen molar-refractivity contribution in [1.29, 1.82) is 0 Å². The number of aliphatic carboxylic acids is 1. The van der Waals surface area contributed by atoms with Crippen LogP contribution >= 0.6 is 0 Å². The van der Waals surface area contributed by atoms with Crippen molar-refractivity contribution in [2.24, 2.45) is 0 Å². The summed E-state index contributed by atoms with van der Waals surface area (Å²) in [4.78, 5) is 26.5. The maximum atomic E-state index is 11.6. The number of rotatable bonds is 8. The lowest BCUT2D eigenvalue weighted by atomic mass is 9.84. The molecule has 4 heteroatoms. The van der Waals surface area contributed by atoms with Crippen molar-refractivity contribution in [2.75, 3.05) is 0 Å². The van der Waals surface area contributed by atoms with Crippen molar-refractivity contribution >= 4 is 12.3 Å². The third-order valence-corrected chi connectivity index (χ3v) is 5.19. The van der Waals surface area contributed by atoms with E-state index in [1.807, 2.05) is 55.6 Å². The summed E-state index contributed by atoms with van der Waals surface area (Å²) in [5, 5.41) is 8.67. The van der Waals surface area contributed by atoms with Crippen molar-refractivity contribution in [3.63, 3.8) is 0 Å². The van der Waals surface area contributed by atoms with E-state index in [4.69, 9.17) is 5.11 Å². The zero-order valence-corrected chi connectivity index (χ0v) is 17.5. The number of carboxylic acids is 1. The number of aryl methyl sites for hydroxylation is 2. The fourth-order valence-electron chi connectivity index (χ4n) is 3.62. The molecule has 0 spiro atoms. The number of hydrogen-bond donors (Lipinski definition) is 1. The van der Waals surface area contributed by atoms with Gasteiger partial charge in [-0.05, 0) is 60.7 Å². The second-order valence-electron chi connectivity index (χ2n) is 7.46. The Hall–Kier alpha value is -3.71. The normalized spacial score (nSPS) is 11.3. The number of carboxylic acid groups (broad SMARTS) is 1. The van der Waals surface area contributed by atoms with Crippen molar-refractivity contribution in [2.45, 2.75) is 38.5 Å². The Balaban J connectivity index is 1.76. The molecular weight excluding hydrogens is 386 g/mol. The maximum Gasteiger partial charge on any atom is 0.304 e. The Morgan fingerprint density at radius 1 is 1.13 bits per heavy atom. The number of hydrogen-bond acceptors (Lipinski definition) is 3. The van der Waals surface area contributed by atoms with Gasteiger partial charge in [-0.25, -0.2) is 0 Å². The zero-order valence-electron chi connectivity index (χ0n) is 17.5. The predicted molar refractivity (Wildman–Crippen MR) is 121 cm³/mol. The number of benzene rings is 2. The van der Waals surface area contributed by atoms with Crippen molar-refractivity contribution in [3.05, 3.63) is 100 Å². The number of carbonyl (C=O) groups is 2. The molecule has 1 heterocycles. The second kappa shape index (κ2) is 10.9. The Morgan fingerprint density at radius 2 is 1.90 bits per heavy atom. The number of nitrogens with zero attached hydrogens (tertiary/aromatic N) is 1. The summed E-state index contributed by atoms with van der Waals surface area (Å²) in [6.45, 7) is 1.97. The molecule has 1 unspecified atom stereocenters. The number of aldehydes is 1. The lowest BCUT2D eigenvalue weighted by molar-refractivity contribution is -0.136. The third kappa shape index (κ3) is 6.38. The van der Waals surface area contributed by atoms with E-state index in [9.17, 15) is 9.59 Å². The van der Waals surface area contributed by atoms with Gasteiger partial charge in [-0.1, -0.05) is 48.2 Å². The SMILES string of the molecule is Cc1cc(C(CCc2ccc(C#CCCC(=O)O)cc2)c2ccccc2C=O)ccn1. The van der Waals surface area contributed by atoms with Crippen molar-refractivity contribution in [1.82, 2.24) is 4.98 Å². The first-order valence-electron chi connectivity index (χ1n) is 10.3. The highest BCUT2D eigenvalue weighted by molar-refractivity contribution is 5.78. The van der Waals surface area contributed by atoms with Crippen LogP contribution in [0.15, 0.2) is 66.9 Å². The number of carbonyl (C=O) groups excluding carboxylic acids is 1. The largest absolute Gasteiger partial charge is 0.481 e. The summed E-state index contributed by atoms with van der Waals surface area (Å²) < 4.78 is 0. The summed E-state index contributed by atoms with van der Waals surface area (Å²) in [5.41, 5.74) is 5.93. The summed E-state index contributed by atoms with van der Waals surface area (Å²) in [6.07, 6.45) is 4.86. The van der Waals surface area contributed by atoms with Gasteiger partial charge in [-0.2, -0.15) is 0 Å². The molecular formula is C27H25NO3. The van der Waals surface area contributed by atoms with E-state index in [-0.39, 0.29) is 12.3 Å². The molecule has 31 heavy (non-hydrogen) atoms. The molecule has 0 radical (unpaired) electrons. The summed E-state index contributed by atoms with van der Waals surface area (Å²) >= 11 is 0. The van der Waals surface area contributed by atoms with E-state index < -0.39 is 5.97 Å². The minimum atomic E-state index is -0.834. The Morgan fingerprint density at radius 3 is 2.61 bits per heavy atom. The van der Waals surface area contributed by atoms with E-state index in [1.165, 1.54) is 5.56 Å². The van der Waals surface area contributed by atoms with Gasteiger partial charge in [0.05, 0.1) is 6.42 Å². The van der Waals surface area contributed by atoms with Gasteiger partial charge in [-0.15, -0.1) is 0 Å². The average molecular weight is 412 g/mol. The predicted octanol–water partition coefficient (Wildman–Crippen LogP) is 5.18.